The lowest BCUT2D eigenvalue weighted by Gasteiger charge is -2.23. The number of urea groups is 1. The van der Waals surface area contributed by atoms with Crippen LogP contribution in [0.25, 0.3) is 0 Å². The SMILES string of the molecule is CCOC(CNC(=O)N(CC)C1CC1)CC(=O)O. The van der Waals surface area contributed by atoms with Crippen LogP contribution in [0.5, 0.6) is 0 Å². The Hall–Kier alpha value is -1.30. The summed E-state index contributed by atoms with van der Waals surface area (Å²) in [5.74, 6) is -0.919. The fraction of sp³-hybridized carbons (Fsp3) is 0.833. The van der Waals surface area contributed by atoms with Crippen molar-refractivity contribution in [3.05, 3.63) is 0 Å². The molecule has 0 radical (unpaired) electrons. The molecule has 0 aromatic rings. The van der Waals surface area contributed by atoms with E-state index in [1.165, 1.54) is 0 Å². The van der Waals surface area contributed by atoms with Gasteiger partial charge >= 0.3 is 12.0 Å². The number of amides is 2. The molecule has 0 heterocycles. The Balaban J connectivity index is 2.35. The van der Waals surface area contributed by atoms with Crippen LogP contribution in [0.3, 0.4) is 0 Å². The summed E-state index contributed by atoms with van der Waals surface area (Å²) < 4.78 is 5.28. The van der Waals surface area contributed by atoms with Gasteiger partial charge in [0.2, 0.25) is 0 Å². The predicted octanol–water partition coefficient (Wildman–Crippen LogP) is 1.06. The molecule has 6 heteroatoms. The lowest BCUT2D eigenvalue weighted by molar-refractivity contribution is -0.140. The molecule has 0 aromatic carbocycles. The lowest BCUT2D eigenvalue weighted by atomic mass is 10.2. The van der Waals surface area contributed by atoms with Crippen molar-refractivity contribution in [3.8, 4) is 0 Å². The molecule has 0 aliphatic heterocycles. The molecule has 0 spiro atoms. The number of carbonyl (C=O) groups excluding carboxylic acids is 1. The molecule has 1 aliphatic rings. The predicted molar refractivity (Wildman–Crippen MR) is 66.5 cm³/mol. The molecule has 18 heavy (non-hydrogen) atoms. The first-order valence-corrected chi connectivity index (χ1v) is 6.46. The van der Waals surface area contributed by atoms with Crippen molar-refractivity contribution in [3.63, 3.8) is 0 Å². The highest BCUT2D eigenvalue weighted by Crippen LogP contribution is 2.26. The lowest BCUT2D eigenvalue weighted by Crippen LogP contribution is -2.44. The second-order valence-electron chi connectivity index (χ2n) is 4.38. The molecule has 0 bridgehead atoms. The maximum absolute atomic E-state index is 11.9. The molecule has 0 aromatic heterocycles. The number of carboxylic acids is 1. The van der Waals surface area contributed by atoms with Gasteiger partial charge in [-0.25, -0.2) is 4.79 Å². The average Bonchev–Trinajstić information content (AvgIpc) is 3.11. The molecule has 2 N–H and O–H groups in total. The Kier molecular flexibility index (Phi) is 5.91. The van der Waals surface area contributed by atoms with Gasteiger partial charge in [-0.1, -0.05) is 0 Å². The second kappa shape index (κ2) is 7.20. The van der Waals surface area contributed by atoms with Crippen molar-refractivity contribution in [1.29, 1.82) is 0 Å². The van der Waals surface area contributed by atoms with Gasteiger partial charge in [-0.05, 0) is 26.7 Å². The molecule has 6 nitrogen and oxygen atoms in total. The Bertz CT molecular complexity index is 292. The van der Waals surface area contributed by atoms with Crippen LogP contribution in [-0.4, -0.2) is 53.8 Å². The van der Waals surface area contributed by atoms with Gasteiger partial charge in [-0.15, -0.1) is 0 Å². The number of carbonyl (C=O) groups is 2. The van der Waals surface area contributed by atoms with Crippen molar-refractivity contribution >= 4 is 12.0 Å². The number of carboxylic acid groups (broad SMARTS) is 1. The molecule has 1 rings (SSSR count). The van der Waals surface area contributed by atoms with Gasteiger partial charge in [0.1, 0.15) is 0 Å². The molecule has 1 fully saturated rings. The third-order valence-corrected chi connectivity index (χ3v) is 2.87. The van der Waals surface area contributed by atoms with Crippen LogP contribution in [0.4, 0.5) is 4.79 Å². The summed E-state index contributed by atoms with van der Waals surface area (Å²) in [4.78, 5) is 24.3. The number of nitrogens with zero attached hydrogens (tertiary/aromatic N) is 1. The van der Waals surface area contributed by atoms with Crippen molar-refractivity contribution in [2.24, 2.45) is 0 Å². The zero-order valence-electron chi connectivity index (χ0n) is 11.0. The number of hydrogen-bond donors (Lipinski definition) is 2. The third kappa shape index (κ3) is 4.91. The van der Waals surface area contributed by atoms with Gasteiger partial charge in [0.05, 0.1) is 12.5 Å². The minimum absolute atomic E-state index is 0.0936. The quantitative estimate of drug-likeness (QED) is 0.682. The molecule has 1 unspecified atom stereocenters. The van der Waals surface area contributed by atoms with E-state index in [2.05, 4.69) is 5.32 Å². The largest absolute Gasteiger partial charge is 0.481 e. The second-order valence-corrected chi connectivity index (χ2v) is 4.38. The average molecular weight is 258 g/mol. The third-order valence-electron chi connectivity index (χ3n) is 2.87. The molecular weight excluding hydrogens is 236 g/mol. The van der Waals surface area contributed by atoms with E-state index in [9.17, 15) is 9.59 Å². The van der Waals surface area contributed by atoms with Crippen LogP contribution in [0.15, 0.2) is 0 Å². The van der Waals surface area contributed by atoms with E-state index in [4.69, 9.17) is 9.84 Å². The van der Waals surface area contributed by atoms with E-state index in [0.29, 0.717) is 19.2 Å². The topological polar surface area (TPSA) is 78.9 Å². The summed E-state index contributed by atoms with van der Waals surface area (Å²) in [5, 5.41) is 11.5. The van der Waals surface area contributed by atoms with E-state index >= 15 is 0 Å². The molecule has 104 valence electrons. The first-order chi connectivity index (χ1) is 8.58. The summed E-state index contributed by atoms with van der Waals surface area (Å²) in [5.41, 5.74) is 0. The highest BCUT2D eigenvalue weighted by atomic mass is 16.5. The van der Waals surface area contributed by atoms with Gasteiger partial charge < -0.3 is 20.1 Å². The molecule has 0 saturated heterocycles. The monoisotopic (exact) mass is 258 g/mol. The van der Waals surface area contributed by atoms with E-state index in [1.54, 1.807) is 11.8 Å². The summed E-state index contributed by atoms with van der Waals surface area (Å²) >= 11 is 0. The Morgan fingerprint density at radius 1 is 1.44 bits per heavy atom. The van der Waals surface area contributed by atoms with Crippen LogP contribution in [0.2, 0.25) is 0 Å². The van der Waals surface area contributed by atoms with Crippen LogP contribution in [-0.2, 0) is 9.53 Å². The van der Waals surface area contributed by atoms with E-state index < -0.39 is 12.1 Å². The van der Waals surface area contributed by atoms with E-state index in [-0.39, 0.29) is 19.0 Å². The van der Waals surface area contributed by atoms with Crippen LogP contribution >= 0.6 is 0 Å². The normalized spacial score (nSPS) is 16.1. The number of aliphatic carboxylic acids is 1. The van der Waals surface area contributed by atoms with E-state index in [0.717, 1.165) is 12.8 Å². The fourth-order valence-corrected chi connectivity index (χ4v) is 1.88. The number of hydrogen-bond acceptors (Lipinski definition) is 3. The molecular formula is C12H22N2O4. The molecule has 1 saturated carbocycles. The van der Waals surface area contributed by atoms with Crippen LogP contribution in [0.1, 0.15) is 33.1 Å². The van der Waals surface area contributed by atoms with Crippen LogP contribution in [0, 0.1) is 0 Å². The molecule has 2 amide bonds. The molecule has 1 atom stereocenters. The van der Waals surface area contributed by atoms with Crippen molar-refractivity contribution < 1.29 is 19.4 Å². The number of ether oxygens (including phenoxy) is 1. The van der Waals surface area contributed by atoms with Crippen molar-refractivity contribution in [1.82, 2.24) is 10.2 Å². The Morgan fingerprint density at radius 3 is 2.56 bits per heavy atom. The first-order valence-electron chi connectivity index (χ1n) is 6.46. The first kappa shape index (κ1) is 14.8. The van der Waals surface area contributed by atoms with Gasteiger partial charge in [0, 0.05) is 25.7 Å². The fourth-order valence-electron chi connectivity index (χ4n) is 1.88. The van der Waals surface area contributed by atoms with Gasteiger partial charge in [0.25, 0.3) is 0 Å². The standard InChI is InChI=1S/C12H22N2O4/c1-3-14(9-5-6-9)12(17)13-8-10(18-4-2)7-11(15)16/h9-10H,3-8H2,1-2H3,(H,13,17)(H,15,16). The highest BCUT2D eigenvalue weighted by molar-refractivity contribution is 5.75. The smallest absolute Gasteiger partial charge is 0.317 e. The van der Waals surface area contributed by atoms with Gasteiger partial charge in [0.15, 0.2) is 0 Å². The summed E-state index contributed by atoms with van der Waals surface area (Å²) in [6.07, 6.45) is 1.56. The van der Waals surface area contributed by atoms with E-state index in [1.807, 2.05) is 6.92 Å². The zero-order chi connectivity index (χ0) is 13.5. The summed E-state index contributed by atoms with van der Waals surface area (Å²) in [7, 11) is 0. The maximum Gasteiger partial charge on any atom is 0.317 e. The van der Waals surface area contributed by atoms with Crippen LogP contribution < -0.4 is 5.32 Å². The Labute approximate surface area is 107 Å². The minimum atomic E-state index is -0.919. The van der Waals surface area contributed by atoms with Gasteiger partial charge in [-0.2, -0.15) is 0 Å². The summed E-state index contributed by atoms with van der Waals surface area (Å²) in [6, 6.07) is 0.232. The summed E-state index contributed by atoms with van der Waals surface area (Å²) in [6.45, 7) is 5.10. The number of nitrogens with one attached hydrogen (secondary N) is 1. The van der Waals surface area contributed by atoms with Crippen molar-refractivity contribution in [2.75, 3.05) is 19.7 Å². The number of rotatable bonds is 8. The maximum atomic E-state index is 11.9. The Morgan fingerprint density at radius 2 is 2.11 bits per heavy atom. The minimum Gasteiger partial charge on any atom is -0.481 e. The molecule has 1 aliphatic carbocycles. The zero-order valence-corrected chi connectivity index (χ0v) is 11.0. The van der Waals surface area contributed by atoms with Gasteiger partial charge in [-0.3, -0.25) is 4.79 Å². The highest BCUT2D eigenvalue weighted by Gasteiger charge is 2.31. The van der Waals surface area contributed by atoms with Crippen molar-refractivity contribution in [2.45, 2.75) is 45.3 Å².